The molecule has 82 valence electrons. The van der Waals surface area contributed by atoms with E-state index in [-0.39, 0.29) is 12.4 Å². The molecule has 0 aliphatic rings. The molecule has 14 heavy (non-hydrogen) atoms. The van der Waals surface area contributed by atoms with E-state index in [0.717, 1.165) is 0 Å². The van der Waals surface area contributed by atoms with Crippen LogP contribution in [-0.2, 0) is 9.53 Å². The van der Waals surface area contributed by atoms with Crippen LogP contribution in [0.5, 0.6) is 0 Å². The summed E-state index contributed by atoms with van der Waals surface area (Å²) in [6.07, 6.45) is 1.51. The van der Waals surface area contributed by atoms with Crippen LogP contribution >= 0.6 is 0 Å². The van der Waals surface area contributed by atoms with Gasteiger partial charge in [0.25, 0.3) is 0 Å². The Morgan fingerprint density at radius 1 is 1.50 bits per heavy atom. The van der Waals surface area contributed by atoms with Gasteiger partial charge in [0, 0.05) is 6.42 Å². The van der Waals surface area contributed by atoms with Crippen molar-refractivity contribution in [2.24, 2.45) is 0 Å². The van der Waals surface area contributed by atoms with Crippen LogP contribution in [0.25, 0.3) is 0 Å². The number of carbonyl (C=O) groups is 1. The summed E-state index contributed by atoms with van der Waals surface area (Å²) in [7, 11) is 1.32. The van der Waals surface area contributed by atoms with Crippen molar-refractivity contribution in [1.29, 1.82) is 0 Å². The van der Waals surface area contributed by atoms with Crippen molar-refractivity contribution in [3.8, 4) is 0 Å². The molecule has 0 saturated carbocycles. The topological polar surface area (TPSA) is 66.8 Å². The molecular weight excluding hydrogens is 184 g/mol. The van der Waals surface area contributed by atoms with Crippen molar-refractivity contribution in [1.82, 2.24) is 0 Å². The fourth-order valence-corrected chi connectivity index (χ4v) is 1.08. The lowest BCUT2D eigenvalue weighted by Crippen LogP contribution is -2.25. The van der Waals surface area contributed by atoms with E-state index in [1.165, 1.54) is 7.11 Å². The highest BCUT2D eigenvalue weighted by molar-refractivity contribution is 5.68. The molecular formula is C10H18O4. The molecule has 0 heterocycles. The minimum absolute atomic E-state index is 0.272. The van der Waals surface area contributed by atoms with E-state index in [4.69, 9.17) is 0 Å². The zero-order valence-electron chi connectivity index (χ0n) is 8.48. The Morgan fingerprint density at radius 3 is 2.64 bits per heavy atom. The van der Waals surface area contributed by atoms with E-state index in [1.807, 2.05) is 0 Å². The molecule has 0 aromatic carbocycles. The van der Waals surface area contributed by atoms with Gasteiger partial charge >= 0.3 is 5.97 Å². The molecule has 4 heteroatoms. The van der Waals surface area contributed by atoms with Crippen molar-refractivity contribution < 1.29 is 19.7 Å². The number of hydrogen-bond acceptors (Lipinski definition) is 4. The lowest BCUT2D eigenvalue weighted by molar-refractivity contribution is -0.140. The second kappa shape index (κ2) is 7.53. The molecule has 0 aliphatic heterocycles. The molecule has 2 atom stereocenters. The van der Waals surface area contributed by atoms with Gasteiger partial charge in [-0.1, -0.05) is 6.08 Å². The number of hydrogen-bond donors (Lipinski definition) is 2. The summed E-state index contributed by atoms with van der Waals surface area (Å²) in [6.45, 7) is 3.46. The highest BCUT2D eigenvalue weighted by Gasteiger charge is 2.14. The summed E-state index contributed by atoms with van der Waals surface area (Å²) in [6, 6.07) is 0. The van der Waals surface area contributed by atoms with Crippen LogP contribution in [0, 0.1) is 0 Å². The van der Waals surface area contributed by atoms with Crippen LogP contribution in [0.15, 0.2) is 12.7 Å². The Morgan fingerprint density at radius 2 is 2.14 bits per heavy atom. The van der Waals surface area contributed by atoms with Gasteiger partial charge in [-0.05, 0) is 19.3 Å². The molecule has 4 nitrogen and oxygen atoms in total. The molecule has 0 spiro atoms. The summed E-state index contributed by atoms with van der Waals surface area (Å²) in [4.78, 5) is 10.7. The lowest BCUT2D eigenvalue weighted by Gasteiger charge is -2.15. The highest BCUT2D eigenvalue weighted by atomic mass is 16.5. The van der Waals surface area contributed by atoms with Crippen molar-refractivity contribution >= 4 is 5.97 Å². The number of esters is 1. The number of rotatable bonds is 7. The monoisotopic (exact) mass is 202 g/mol. The smallest absolute Gasteiger partial charge is 0.305 e. The molecule has 0 aromatic rings. The van der Waals surface area contributed by atoms with Gasteiger partial charge in [-0.15, -0.1) is 6.58 Å². The predicted octanol–water partition coefficient (Wildman–Crippen LogP) is 0.628. The summed E-state index contributed by atoms with van der Waals surface area (Å²) in [5.74, 6) is -0.296. The van der Waals surface area contributed by atoms with Gasteiger partial charge in [-0.3, -0.25) is 4.79 Å². The predicted molar refractivity (Wildman–Crippen MR) is 52.7 cm³/mol. The molecule has 0 fully saturated rings. The summed E-state index contributed by atoms with van der Waals surface area (Å²) in [5, 5.41) is 18.7. The van der Waals surface area contributed by atoms with Crippen LogP contribution in [0.4, 0.5) is 0 Å². The van der Waals surface area contributed by atoms with E-state index in [1.54, 1.807) is 6.08 Å². The van der Waals surface area contributed by atoms with E-state index in [2.05, 4.69) is 11.3 Å². The van der Waals surface area contributed by atoms with Gasteiger partial charge in [0.05, 0.1) is 19.3 Å². The number of aliphatic hydroxyl groups is 2. The second-order valence-corrected chi connectivity index (χ2v) is 3.13. The van der Waals surface area contributed by atoms with E-state index in [9.17, 15) is 15.0 Å². The number of ether oxygens (including phenoxy) is 1. The summed E-state index contributed by atoms with van der Waals surface area (Å²) < 4.78 is 4.44. The van der Waals surface area contributed by atoms with E-state index < -0.39 is 12.2 Å². The third-order valence-electron chi connectivity index (χ3n) is 1.96. The van der Waals surface area contributed by atoms with Gasteiger partial charge in [0.2, 0.25) is 0 Å². The Hall–Kier alpha value is -0.870. The van der Waals surface area contributed by atoms with Crippen molar-refractivity contribution in [2.75, 3.05) is 7.11 Å². The van der Waals surface area contributed by atoms with Crippen LogP contribution in [0.3, 0.4) is 0 Å². The maximum atomic E-state index is 10.7. The zero-order chi connectivity index (χ0) is 11.0. The number of aliphatic hydroxyl groups excluding tert-OH is 2. The largest absolute Gasteiger partial charge is 0.469 e. The first-order valence-electron chi connectivity index (χ1n) is 4.65. The average Bonchev–Trinajstić information content (AvgIpc) is 2.17. The van der Waals surface area contributed by atoms with Crippen molar-refractivity contribution in [3.63, 3.8) is 0 Å². The van der Waals surface area contributed by atoms with E-state index >= 15 is 0 Å². The van der Waals surface area contributed by atoms with Gasteiger partial charge in [0.1, 0.15) is 0 Å². The Balaban J connectivity index is 3.57. The number of methoxy groups -OCH3 is 1. The fraction of sp³-hybridized carbons (Fsp3) is 0.700. The first kappa shape index (κ1) is 13.1. The molecule has 0 bridgehead atoms. The standard InChI is InChI=1S/C10H18O4/c1-3-5-8(11)9(12)6-4-7-10(13)14-2/h3,8-9,11-12H,1,4-7H2,2H3. The maximum absolute atomic E-state index is 10.7. The minimum Gasteiger partial charge on any atom is -0.469 e. The van der Waals surface area contributed by atoms with Crippen LogP contribution in [0.2, 0.25) is 0 Å². The average molecular weight is 202 g/mol. The molecule has 2 unspecified atom stereocenters. The Bertz CT molecular complexity index is 179. The maximum Gasteiger partial charge on any atom is 0.305 e. The molecule has 2 N–H and O–H groups in total. The van der Waals surface area contributed by atoms with Gasteiger partial charge < -0.3 is 14.9 Å². The molecule has 0 saturated heterocycles. The van der Waals surface area contributed by atoms with Crippen molar-refractivity contribution in [3.05, 3.63) is 12.7 Å². The molecule has 0 rings (SSSR count). The minimum atomic E-state index is -0.794. The summed E-state index contributed by atoms with van der Waals surface area (Å²) in [5.41, 5.74) is 0. The van der Waals surface area contributed by atoms with Gasteiger partial charge in [-0.2, -0.15) is 0 Å². The zero-order valence-corrected chi connectivity index (χ0v) is 8.48. The lowest BCUT2D eigenvalue weighted by atomic mass is 10.0. The molecule has 0 aromatic heterocycles. The highest BCUT2D eigenvalue weighted by Crippen LogP contribution is 2.08. The SMILES string of the molecule is C=CCC(O)C(O)CCCC(=O)OC. The van der Waals surface area contributed by atoms with Crippen LogP contribution in [0.1, 0.15) is 25.7 Å². The number of carbonyl (C=O) groups excluding carboxylic acids is 1. The summed E-state index contributed by atoms with van der Waals surface area (Å²) >= 11 is 0. The quantitative estimate of drug-likeness (QED) is 0.469. The Kier molecular flexibility index (Phi) is 7.06. The van der Waals surface area contributed by atoms with Crippen LogP contribution in [-0.4, -0.2) is 35.5 Å². The van der Waals surface area contributed by atoms with Gasteiger partial charge in [0.15, 0.2) is 0 Å². The molecule has 0 radical (unpaired) electrons. The third-order valence-corrected chi connectivity index (χ3v) is 1.96. The van der Waals surface area contributed by atoms with Crippen LogP contribution < -0.4 is 0 Å². The van der Waals surface area contributed by atoms with Gasteiger partial charge in [-0.25, -0.2) is 0 Å². The fourth-order valence-electron chi connectivity index (χ4n) is 1.08. The Labute approximate surface area is 84.2 Å². The molecule has 0 aliphatic carbocycles. The van der Waals surface area contributed by atoms with Crippen molar-refractivity contribution in [2.45, 2.75) is 37.9 Å². The molecule has 0 amide bonds. The third kappa shape index (κ3) is 5.72. The first-order valence-corrected chi connectivity index (χ1v) is 4.65. The van der Waals surface area contributed by atoms with E-state index in [0.29, 0.717) is 19.3 Å². The normalized spacial score (nSPS) is 14.5. The first-order chi connectivity index (χ1) is 6.61. The second-order valence-electron chi connectivity index (χ2n) is 3.13.